The third-order valence-corrected chi connectivity index (χ3v) is 7.55. The molecule has 1 aliphatic heterocycles. The van der Waals surface area contributed by atoms with Gasteiger partial charge in [-0.1, -0.05) is 66.2 Å². The Balaban J connectivity index is 1.58. The number of carbonyl (C=O) groups excluding carboxylic acids is 2. The number of nitrogens with zero attached hydrogens (tertiary/aromatic N) is 4. The largest absolute Gasteiger partial charge is 0.495 e. The molecule has 0 aliphatic carbocycles. The summed E-state index contributed by atoms with van der Waals surface area (Å²) >= 11 is 13.4. The molecule has 0 unspecified atom stereocenters. The predicted octanol–water partition coefficient (Wildman–Crippen LogP) is 7.29. The molecule has 0 atom stereocenters. The van der Waals surface area contributed by atoms with Crippen molar-refractivity contribution in [1.29, 1.82) is 0 Å². The maximum atomic E-state index is 14.2. The fourth-order valence-corrected chi connectivity index (χ4v) is 5.37. The van der Waals surface area contributed by atoms with Crippen LogP contribution in [0, 0.1) is 0 Å². The van der Waals surface area contributed by atoms with E-state index in [9.17, 15) is 14.0 Å². The molecule has 0 bridgehead atoms. The summed E-state index contributed by atoms with van der Waals surface area (Å²) in [5, 5.41) is 6.01. The Kier molecular flexibility index (Phi) is 9.17. The number of fused-ring (bicyclic) bond motifs is 1. The summed E-state index contributed by atoms with van der Waals surface area (Å²) in [4.78, 5) is 38.3. The molecule has 4 aromatic rings. The van der Waals surface area contributed by atoms with Gasteiger partial charge in [0.05, 0.1) is 44.4 Å². The standard InChI is InChI=1S/C31H27Cl2FN6O4/c1-4-25(41)36-22-12-19(14-34)10-11-21(22)37-30-35-15-20-17-39(28-26(32)23(43-2)13-24(44-3)27(28)33)31(42)40(29(20)38-30)16-18-8-6-5-7-9-18/h4-13,15H,1,14,16-17H2,2-3H3,(H,36,41)(H,35,37,38). The van der Waals surface area contributed by atoms with Crippen LogP contribution in [0.1, 0.15) is 16.7 Å². The molecule has 0 spiro atoms. The Morgan fingerprint density at radius 3 is 2.39 bits per heavy atom. The first kappa shape index (κ1) is 30.6. The second kappa shape index (κ2) is 13.2. The lowest BCUT2D eigenvalue weighted by atomic mass is 10.1. The Hall–Kier alpha value is -4.87. The van der Waals surface area contributed by atoms with Crippen molar-refractivity contribution in [2.75, 3.05) is 34.7 Å². The molecule has 3 aromatic carbocycles. The van der Waals surface area contributed by atoms with Gasteiger partial charge in [-0.2, -0.15) is 4.98 Å². The second-order valence-electron chi connectivity index (χ2n) is 9.57. The van der Waals surface area contributed by atoms with Crippen molar-refractivity contribution in [3.8, 4) is 11.5 Å². The second-order valence-corrected chi connectivity index (χ2v) is 10.3. The molecule has 0 radical (unpaired) electrons. The van der Waals surface area contributed by atoms with E-state index in [1.807, 2.05) is 30.3 Å². The van der Waals surface area contributed by atoms with Gasteiger partial charge in [0, 0.05) is 17.8 Å². The van der Waals surface area contributed by atoms with E-state index in [2.05, 4.69) is 22.2 Å². The van der Waals surface area contributed by atoms with Crippen LogP contribution in [0.25, 0.3) is 0 Å². The lowest BCUT2D eigenvalue weighted by molar-refractivity contribution is -0.111. The Bertz CT molecular complexity index is 1710. The van der Waals surface area contributed by atoms with E-state index >= 15 is 0 Å². The summed E-state index contributed by atoms with van der Waals surface area (Å²) in [7, 11) is 2.91. The molecule has 0 saturated heterocycles. The molecule has 226 valence electrons. The zero-order chi connectivity index (χ0) is 31.4. The number of anilines is 5. The molecule has 10 nitrogen and oxygen atoms in total. The zero-order valence-corrected chi connectivity index (χ0v) is 25.2. The monoisotopic (exact) mass is 636 g/mol. The highest BCUT2D eigenvalue weighted by Crippen LogP contribution is 2.48. The van der Waals surface area contributed by atoms with Crippen molar-refractivity contribution < 1.29 is 23.5 Å². The molecule has 5 rings (SSSR count). The van der Waals surface area contributed by atoms with Crippen molar-refractivity contribution in [1.82, 2.24) is 9.97 Å². The number of carbonyl (C=O) groups is 2. The van der Waals surface area contributed by atoms with E-state index in [4.69, 9.17) is 37.7 Å². The number of urea groups is 1. The molecule has 1 aliphatic rings. The average Bonchev–Trinajstić information content (AvgIpc) is 3.04. The number of nitrogens with one attached hydrogen (secondary N) is 2. The van der Waals surface area contributed by atoms with Crippen molar-refractivity contribution in [2.45, 2.75) is 19.8 Å². The van der Waals surface area contributed by atoms with Gasteiger partial charge in [0.1, 0.15) is 34.0 Å². The number of ether oxygens (including phenoxy) is 2. The SMILES string of the molecule is C=CC(=O)Nc1cc(CF)ccc1Nc1ncc2c(n1)N(Cc1ccccc1)C(=O)N(c1c(Cl)c(OC)cc(OC)c1Cl)C2. The summed E-state index contributed by atoms with van der Waals surface area (Å²) in [6, 6.07) is 15.2. The number of halogens is 3. The molecular formula is C31H27Cl2FN6O4. The molecule has 2 N–H and O–H groups in total. The van der Waals surface area contributed by atoms with Crippen LogP contribution in [0.3, 0.4) is 0 Å². The summed E-state index contributed by atoms with van der Waals surface area (Å²) in [5.41, 5.74) is 2.76. The minimum Gasteiger partial charge on any atom is -0.495 e. The van der Waals surface area contributed by atoms with Gasteiger partial charge in [-0.3, -0.25) is 14.6 Å². The highest BCUT2D eigenvalue weighted by atomic mass is 35.5. The number of benzene rings is 3. The summed E-state index contributed by atoms with van der Waals surface area (Å²) in [6.45, 7) is 2.96. The van der Waals surface area contributed by atoms with Crippen LogP contribution in [0.4, 0.5) is 38.0 Å². The van der Waals surface area contributed by atoms with E-state index in [0.717, 1.165) is 11.6 Å². The fraction of sp³-hybridized carbons (Fsp3) is 0.161. The van der Waals surface area contributed by atoms with Crippen LogP contribution in [-0.4, -0.2) is 36.1 Å². The maximum absolute atomic E-state index is 14.2. The number of methoxy groups -OCH3 is 2. The lowest BCUT2D eigenvalue weighted by Gasteiger charge is -2.37. The molecule has 13 heteroatoms. The van der Waals surface area contributed by atoms with Crippen molar-refractivity contribution in [3.05, 3.63) is 100 Å². The van der Waals surface area contributed by atoms with E-state index in [1.54, 1.807) is 24.4 Å². The predicted molar refractivity (Wildman–Crippen MR) is 169 cm³/mol. The van der Waals surface area contributed by atoms with E-state index < -0.39 is 18.6 Å². The van der Waals surface area contributed by atoms with Gasteiger partial charge in [-0.15, -0.1) is 0 Å². The molecule has 0 saturated carbocycles. The third kappa shape index (κ3) is 6.10. The van der Waals surface area contributed by atoms with E-state index in [0.29, 0.717) is 28.3 Å². The Morgan fingerprint density at radius 1 is 1.05 bits per heavy atom. The van der Waals surface area contributed by atoms with Crippen LogP contribution in [-0.2, 0) is 24.6 Å². The van der Waals surface area contributed by atoms with E-state index in [-0.39, 0.29) is 46.3 Å². The Labute approximate surface area is 263 Å². The fourth-order valence-electron chi connectivity index (χ4n) is 4.66. The van der Waals surface area contributed by atoms with Crippen LogP contribution in [0.2, 0.25) is 10.0 Å². The van der Waals surface area contributed by atoms with Crippen LogP contribution >= 0.6 is 23.2 Å². The van der Waals surface area contributed by atoms with Gasteiger partial charge >= 0.3 is 6.03 Å². The molecular weight excluding hydrogens is 610 g/mol. The first-order valence-electron chi connectivity index (χ1n) is 13.3. The van der Waals surface area contributed by atoms with Crippen LogP contribution < -0.4 is 29.9 Å². The summed E-state index contributed by atoms with van der Waals surface area (Å²) in [6.07, 6.45) is 2.69. The normalized spacial score (nSPS) is 12.4. The van der Waals surface area contributed by atoms with Gasteiger partial charge < -0.3 is 20.1 Å². The highest BCUT2D eigenvalue weighted by molar-refractivity contribution is 6.42. The quantitative estimate of drug-likeness (QED) is 0.176. The van der Waals surface area contributed by atoms with Gasteiger partial charge in [0.25, 0.3) is 0 Å². The van der Waals surface area contributed by atoms with Gasteiger partial charge in [0.15, 0.2) is 0 Å². The first-order chi connectivity index (χ1) is 21.3. The highest BCUT2D eigenvalue weighted by Gasteiger charge is 2.36. The topological polar surface area (TPSA) is 109 Å². The minimum atomic E-state index is -0.715. The number of hydrogen-bond acceptors (Lipinski definition) is 7. The number of alkyl halides is 1. The third-order valence-electron chi connectivity index (χ3n) is 6.82. The molecule has 2 heterocycles. The molecule has 1 aromatic heterocycles. The Morgan fingerprint density at radius 2 is 1.75 bits per heavy atom. The van der Waals surface area contributed by atoms with Crippen molar-refractivity contribution >= 4 is 64.0 Å². The minimum absolute atomic E-state index is 0.0430. The number of rotatable bonds is 10. The molecule has 0 fully saturated rings. The van der Waals surface area contributed by atoms with Crippen LogP contribution in [0.5, 0.6) is 11.5 Å². The first-order valence-corrected chi connectivity index (χ1v) is 14.0. The average molecular weight is 637 g/mol. The van der Waals surface area contributed by atoms with E-state index in [1.165, 1.54) is 30.1 Å². The van der Waals surface area contributed by atoms with Crippen molar-refractivity contribution in [2.24, 2.45) is 0 Å². The molecule has 3 amide bonds. The zero-order valence-electron chi connectivity index (χ0n) is 23.7. The maximum Gasteiger partial charge on any atom is 0.330 e. The van der Waals surface area contributed by atoms with Gasteiger partial charge in [0.2, 0.25) is 11.9 Å². The summed E-state index contributed by atoms with van der Waals surface area (Å²) < 4.78 is 24.2. The molecule has 44 heavy (non-hydrogen) atoms. The lowest BCUT2D eigenvalue weighted by Crippen LogP contribution is -2.47. The smallest absolute Gasteiger partial charge is 0.330 e. The van der Waals surface area contributed by atoms with Crippen LogP contribution in [0.15, 0.2) is 73.4 Å². The van der Waals surface area contributed by atoms with Gasteiger partial charge in [-0.05, 0) is 29.3 Å². The number of amides is 3. The van der Waals surface area contributed by atoms with Gasteiger partial charge in [-0.25, -0.2) is 14.2 Å². The summed E-state index contributed by atoms with van der Waals surface area (Å²) in [5.74, 6) is 0.591. The number of hydrogen-bond donors (Lipinski definition) is 2. The number of aromatic nitrogens is 2. The van der Waals surface area contributed by atoms with Crippen molar-refractivity contribution in [3.63, 3.8) is 0 Å².